The lowest BCUT2D eigenvalue weighted by Crippen LogP contribution is -2.64. The lowest BCUT2D eigenvalue weighted by molar-refractivity contribution is -0.220. The third-order valence-electron chi connectivity index (χ3n) is 11.2. The smallest absolute Gasteiger partial charge is 0.457 e. The van der Waals surface area contributed by atoms with E-state index in [-0.39, 0.29) is 13.0 Å². The highest BCUT2D eigenvalue weighted by Gasteiger charge is 2.51. The molecule has 0 amide bonds. The maximum Gasteiger partial charge on any atom is 0.472 e. The molecule has 0 heterocycles. The predicted molar refractivity (Wildman–Crippen MR) is 249 cm³/mol. The van der Waals surface area contributed by atoms with Crippen LogP contribution in [0.5, 0.6) is 0 Å². The van der Waals surface area contributed by atoms with Crippen molar-refractivity contribution >= 4 is 13.8 Å². The van der Waals surface area contributed by atoms with E-state index in [1.807, 2.05) is 0 Å². The Hall–Kier alpha value is -1.70. The van der Waals surface area contributed by atoms with Gasteiger partial charge in [-0.05, 0) is 70.6 Å². The zero-order chi connectivity index (χ0) is 45.5. The molecule has 0 aromatic carbocycles. The maximum atomic E-state index is 12.8. The quantitative estimate of drug-likeness (QED) is 0.0147. The van der Waals surface area contributed by atoms with Gasteiger partial charge in [-0.1, -0.05) is 165 Å². The Morgan fingerprint density at radius 2 is 0.952 bits per heavy atom. The van der Waals surface area contributed by atoms with Gasteiger partial charge in [-0.2, -0.15) is 0 Å². The van der Waals surface area contributed by atoms with Gasteiger partial charge in [0.05, 0.1) is 13.2 Å². The van der Waals surface area contributed by atoms with E-state index in [9.17, 15) is 39.8 Å². The standard InChI is InChI=1S/C49H89O12P/c1-3-5-7-9-11-13-15-17-19-21-23-25-27-29-31-33-35-37-39-58-40-42(41-59-62(56,57)61-49-47(54)45(52)44(51)46(53)48(49)55)60-43(50)38-36-34-32-30-28-26-24-22-20-18-16-14-12-10-8-6-4-2/h5,7,11,13,17-20,42,44-49,51-55H,3-4,6,8-10,12,14-16,21-41H2,1-2H3,(H,56,57)/b7-5-,13-11-,19-17-,20-18-. The molecule has 62 heavy (non-hydrogen) atoms. The van der Waals surface area contributed by atoms with Gasteiger partial charge in [-0.15, -0.1) is 0 Å². The molecule has 1 aliphatic carbocycles. The Morgan fingerprint density at radius 1 is 0.532 bits per heavy atom. The fourth-order valence-corrected chi connectivity index (χ4v) is 8.28. The minimum atomic E-state index is -5.02. The number of allylic oxidation sites excluding steroid dienone is 8. The van der Waals surface area contributed by atoms with E-state index in [4.69, 9.17) is 18.5 Å². The van der Waals surface area contributed by atoms with Crippen LogP contribution in [0.1, 0.15) is 194 Å². The van der Waals surface area contributed by atoms with E-state index in [2.05, 4.69) is 62.5 Å². The SMILES string of the molecule is CC/C=C\C/C=C\C/C=C\CCCCCCCCCCOCC(COP(=O)(O)OC1C(O)C(O)C(O)C(O)C1O)OC(=O)CCCCCCCCC/C=C\CCCCCCCC. The monoisotopic (exact) mass is 901 g/mol. The van der Waals surface area contributed by atoms with Crippen LogP contribution in [0.2, 0.25) is 0 Å². The van der Waals surface area contributed by atoms with Gasteiger partial charge < -0.3 is 39.9 Å². The molecule has 0 bridgehead atoms. The molecule has 0 aromatic rings. The number of aliphatic hydroxyl groups excluding tert-OH is 5. The molecule has 12 nitrogen and oxygen atoms in total. The molecule has 0 spiro atoms. The molecule has 0 radical (unpaired) electrons. The van der Waals surface area contributed by atoms with E-state index in [1.165, 1.54) is 83.5 Å². The molecule has 0 saturated heterocycles. The minimum Gasteiger partial charge on any atom is -0.457 e. The first-order valence-electron chi connectivity index (χ1n) is 24.5. The van der Waals surface area contributed by atoms with Gasteiger partial charge in [0.1, 0.15) is 42.7 Å². The number of phosphoric acid groups is 1. The Kier molecular flexibility index (Phi) is 37.3. The number of esters is 1. The number of hydrogen-bond donors (Lipinski definition) is 6. The third-order valence-corrected chi connectivity index (χ3v) is 12.2. The molecule has 362 valence electrons. The molecule has 1 saturated carbocycles. The zero-order valence-corrected chi connectivity index (χ0v) is 39.6. The molecule has 13 heteroatoms. The average molecular weight is 901 g/mol. The van der Waals surface area contributed by atoms with Crippen molar-refractivity contribution in [2.24, 2.45) is 0 Å². The number of carbonyl (C=O) groups excluding carboxylic acids is 1. The number of phosphoric ester groups is 1. The van der Waals surface area contributed by atoms with Crippen LogP contribution in [0.3, 0.4) is 0 Å². The summed E-state index contributed by atoms with van der Waals surface area (Å²) in [5.41, 5.74) is 0. The van der Waals surface area contributed by atoms with Crippen LogP contribution in [0.4, 0.5) is 0 Å². The summed E-state index contributed by atoms with van der Waals surface area (Å²) in [4.78, 5) is 23.2. The minimum absolute atomic E-state index is 0.0840. The van der Waals surface area contributed by atoms with Crippen molar-refractivity contribution in [2.75, 3.05) is 19.8 Å². The molecule has 1 fully saturated rings. The van der Waals surface area contributed by atoms with Crippen molar-refractivity contribution in [1.82, 2.24) is 0 Å². The topological polar surface area (TPSA) is 192 Å². The Bertz CT molecular complexity index is 1210. The van der Waals surface area contributed by atoms with Crippen molar-refractivity contribution < 1.29 is 58.3 Å². The summed E-state index contributed by atoms with van der Waals surface area (Å²) >= 11 is 0. The number of rotatable bonds is 41. The lowest BCUT2D eigenvalue weighted by atomic mass is 9.85. The third kappa shape index (κ3) is 31.2. The second-order valence-corrected chi connectivity index (χ2v) is 18.3. The highest BCUT2D eigenvalue weighted by atomic mass is 31.2. The molecule has 6 atom stereocenters. The largest absolute Gasteiger partial charge is 0.472 e. The normalized spacial score (nSPS) is 22.4. The maximum absolute atomic E-state index is 12.8. The summed E-state index contributed by atoms with van der Waals surface area (Å²) in [5.74, 6) is -0.485. The Labute approximate surface area is 375 Å². The molecule has 0 aromatic heterocycles. The highest BCUT2D eigenvalue weighted by Crippen LogP contribution is 2.47. The molecular weight excluding hydrogens is 812 g/mol. The van der Waals surface area contributed by atoms with E-state index in [0.29, 0.717) is 13.0 Å². The van der Waals surface area contributed by atoms with Gasteiger partial charge in [0.15, 0.2) is 0 Å². The first-order valence-corrected chi connectivity index (χ1v) is 26.0. The summed E-state index contributed by atoms with van der Waals surface area (Å²) < 4.78 is 34.2. The molecule has 1 rings (SSSR count). The first kappa shape index (κ1) is 58.3. The lowest BCUT2D eigenvalue weighted by Gasteiger charge is -2.41. The van der Waals surface area contributed by atoms with E-state index < -0.39 is 63.1 Å². The van der Waals surface area contributed by atoms with Gasteiger partial charge in [0.2, 0.25) is 0 Å². The van der Waals surface area contributed by atoms with Crippen molar-refractivity contribution in [1.29, 1.82) is 0 Å². The molecular formula is C49H89O12P. The highest BCUT2D eigenvalue weighted by molar-refractivity contribution is 7.47. The zero-order valence-electron chi connectivity index (χ0n) is 38.7. The molecule has 1 aliphatic rings. The second-order valence-electron chi connectivity index (χ2n) is 16.9. The van der Waals surface area contributed by atoms with Crippen LogP contribution in [0, 0.1) is 0 Å². The number of unbranched alkanes of at least 4 members (excludes halogenated alkanes) is 21. The molecule has 6 N–H and O–H groups in total. The number of ether oxygens (including phenoxy) is 2. The summed E-state index contributed by atoms with van der Waals surface area (Å²) in [6.07, 6.45) is 36.0. The van der Waals surface area contributed by atoms with Gasteiger partial charge in [0, 0.05) is 13.0 Å². The van der Waals surface area contributed by atoms with Gasteiger partial charge in [-0.3, -0.25) is 13.8 Å². The predicted octanol–water partition coefficient (Wildman–Crippen LogP) is 10.4. The fraction of sp³-hybridized carbons (Fsp3) is 0.816. The van der Waals surface area contributed by atoms with Crippen molar-refractivity contribution in [3.05, 3.63) is 48.6 Å². The average Bonchev–Trinajstić information content (AvgIpc) is 3.26. The van der Waals surface area contributed by atoms with Gasteiger partial charge >= 0.3 is 13.8 Å². The van der Waals surface area contributed by atoms with Crippen LogP contribution in [0.25, 0.3) is 0 Å². The van der Waals surface area contributed by atoms with Crippen LogP contribution in [-0.2, 0) is 27.9 Å². The van der Waals surface area contributed by atoms with Crippen LogP contribution in [-0.4, -0.2) is 98.9 Å². The van der Waals surface area contributed by atoms with E-state index in [1.54, 1.807) is 0 Å². The summed E-state index contributed by atoms with van der Waals surface area (Å²) in [7, 11) is -5.02. The van der Waals surface area contributed by atoms with Crippen molar-refractivity contribution in [2.45, 2.75) is 236 Å². The number of carbonyl (C=O) groups is 1. The van der Waals surface area contributed by atoms with Crippen LogP contribution < -0.4 is 0 Å². The van der Waals surface area contributed by atoms with E-state index >= 15 is 0 Å². The first-order chi connectivity index (χ1) is 30.0. The molecule has 0 aliphatic heterocycles. The number of aliphatic hydroxyl groups is 5. The molecule has 6 unspecified atom stereocenters. The number of hydrogen-bond acceptors (Lipinski definition) is 11. The summed E-state index contributed by atoms with van der Waals surface area (Å²) in [6, 6.07) is 0. The van der Waals surface area contributed by atoms with Gasteiger partial charge in [0.25, 0.3) is 0 Å². The van der Waals surface area contributed by atoms with E-state index in [0.717, 1.165) is 83.5 Å². The van der Waals surface area contributed by atoms with Crippen molar-refractivity contribution in [3.8, 4) is 0 Å². The fourth-order valence-electron chi connectivity index (χ4n) is 7.31. The Morgan fingerprint density at radius 3 is 1.47 bits per heavy atom. The van der Waals surface area contributed by atoms with Crippen LogP contribution >= 0.6 is 7.82 Å². The van der Waals surface area contributed by atoms with Crippen molar-refractivity contribution in [3.63, 3.8) is 0 Å². The van der Waals surface area contributed by atoms with Crippen LogP contribution in [0.15, 0.2) is 48.6 Å². The second kappa shape index (κ2) is 39.6. The summed E-state index contributed by atoms with van der Waals surface area (Å²) in [6.45, 7) is 4.13. The Balaban J connectivity index is 2.37. The van der Waals surface area contributed by atoms with Gasteiger partial charge in [-0.25, -0.2) is 4.57 Å². The summed E-state index contributed by atoms with van der Waals surface area (Å²) in [5, 5.41) is 50.2.